The van der Waals surface area contributed by atoms with Gasteiger partial charge in [0.05, 0.1) is 23.1 Å². The molecule has 2 rings (SSSR count). The molecule has 0 amide bonds. The third-order valence-corrected chi connectivity index (χ3v) is 3.18. The molecule has 6 nitrogen and oxygen atoms in total. The van der Waals surface area contributed by atoms with Crippen LogP contribution < -0.4 is 5.32 Å². The van der Waals surface area contributed by atoms with Crippen LogP contribution in [0.5, 0.6) is 0 Å². The highest BCUT2D eigenvalue weighted by molar-refractivity contribution is 5.16. The van der Waals surface area contributed by atoms with Crippen LogP contribution in [0.3, 0.4) is 0 Å². The first kappa shape index (κ1) is 14.7. The minimum absolute atomic E-state index is 0.0238. The van der Waals surface area contributed by atoms with Gasteiger partial charge in [-0.15, -0.1) is 5.10 Å². The first-order valence-electron chi connectivity index (χ1n) is 7.04. The van der Waals surface area contributed by atoms with Crippen LogP contribution >= 0.6 is 0 Å². The zero-order valence-electron chi connectivity index (χ0n) is 13.0. The van der Waals surface area contributed by atoms with Gasteiger partial charge < -0.3 is 5.32 Å². The van der Waals surface area contributed by atoms with Crippen molar-refractivity contribution >= 4 is 0 Å². The monoisotopic (exact) mass is 276 g/mol. The average molecular weight is 276 g/mol. The van der Waals surface area contributed by atoms with Gasteiger partial charge in [-0.3, -0.25) is 4.68 Å². The van der Waals surface area contributed by atoms with E-state index in [1.54, 1.807) is 0 Å². The van der Waals surface area contributed by atoms with Crippen LogP contribution in [-0.2, 0) is 32.1 Å². The van der Waals surface area contributed by atoms with Crippen molar-refractivity contribution < 1.29 is 0 Å². The Morgan fingerprint density at radius 3 is 2.55 bits per heavy atom. The van der Waals surface area contributed by atoms with Crippen molar-refractivity contribution in [2.75, 3.05) is 0 Å². The van der Waals surface area contributed by atoms with Crippen molar-refractivity contribution in [3.05, 3.63) is 29.3 Å². The van der Waals surface area contributed by atoms with E-state index in [4.69, 9.17) is 0 Å². The summed E-state index contributed by atoms with van der Waals surface area (Å²) in [5, 5.41) is 16.2. The van der Waals surface area contributed by atoms with Gasteiger partial charge in [0.1, 0.15) is 0 Å². The van der Waals surface area contributed by atoms with Gasteiger partial charge in [0.25, 0.3) is 0 Å². The van der Waals surface area contributed by atoms with E-state index in [0.29, 0.717) is 6.54 Å². The van der Waals surface area contributed by atoms with E-state index < -0.39 is 0 Å². The van der Waals surface area contributed by atoms with Gasteiger partial charge in [-0.05, 0) is 27.2 Å². The summed E-state index contributed by atoms with van der Waals surface area (Å²) in [6.07, 6.45) is 5.02. The molecular formula is C14H24N6. The van der Waals surface area contributed by atoms with Gasteiger partial charge in [0, 0.05) is 31.9 Å². The summed E-state index contributed by atoms with van der Waals surface area (Å²) in [7, 11) is 1.96. The fourth-order valence-electron chi connectivity index (χ4n) is 2.06. The van der Waals surface area contributed by atoms with Crippen LogP contribution in [0.25, 0.3) is 0 Å². The number of aromatic nitrogens is 5. The molecule has 0 fully saturated rings. The van der Waals surface area contributed by atoms with Crippen molar-refractivity contribution in [2.24, 2.45) is 7.05 Å². The summed E-state index contributed by atoms with van der Waals surface area (Å²) >= 11 is 0. The number of hydrogen-bond donors (Lipinski definition) is 1. The largest absolute Gasteiger partial charge is 0.307 e. The van der Waals surface area contributed by atoms with Crippen molar-refractivity contribution in [3.63, 3.8) is 0 Å². The second kappa shape index (κ2) is 5.75. The molecule has 2 aromatic rings. The van der Waals surface area contributed by atoms with E-state index >= 15 is 0 Å². The standard InChI is InChI=1S/C14H24N6/c1-6-13-11(9-19(5)17-13)7-15-8-12-10-20(18-16-12)14(2,3)4/h9-10,15H,6-8H2,1-5H3. The molecule has 0 saturated carbocycles. The lowest BCUT2D eigenvalue weighted by Crippen LogP contribution is -2.22. The minimum atomic E-state index is -0.0238. The minimum Gasteiger partial charge on any atom is -0.307 e. The van der Waals surface area contributed by atoms with E-state index in [0.717, 1.165) is 24.4 Å². The molecule has 110 valence electrons. The Morgan fingerprint density at radius 2 is 1.95 bits per heavy atom. The van der Waals surface area contributed by atoms with Gasteiger partial charge in [-0.2, -0.15) is 5.10 Å². The Labute approximate surface area is 120 Å². The summed E-state index contributed by atoms with van der Waals surface area (Å²) in [6.45, 7) is 9.99. The van der Waals surface area contributed by atoms with E-state index in [9.17, 15) is 0 Å². The Hall–Kier alpha value is -1.69. The highest BCUT2D eigenvalue weighted by atomic mass is 15.4. The van der Waals surface area contributed by atoms with E-state index in [1.165, 1.54) is 5.56 Å². The first-order chi connectivity index (χ1) is 9.40. The zero-order chi connectivity index (χ0) is 14.8. The maximum absolute atomic E-state index is 4.44. The van der Waals surface area contributed by atoms with Crippen molar-refractivity contribution in [1.82, 2.24) is 30.1 Å². The third-order valence-electron chi connectivity index (χ3n) is 3.18. The van der Waals surface area contributed by atoms with Crippen molar-refractivity contribution in [1.29, 1.82) is 0 Å². The predicted molar refractivity (Wildman–Crippen MR) is 78.1 cm³/mol. The molecule has 0 bridgehead atoms. The highest BCUT2D eigenvalue weighted by Crippen LogP contribution is 2.12. The summed E-state index contributed by atoms with van der Waals surface area (Å²) in [6, 6.07) is 0. The predicted octanol–water partition coefficient (Wildman–Crippen LogP) is 1.62. The van der Waals surface area contributed by atoms with E-state index in [-0.39, 0.29) is 5.54 Å². The molecule has 0 aliphatic rings. The fourth-order valence-corrected chi connectivity index (χ4v) is 2.06. The quantitative estimate of drug-likeness (QED) is 0.901. The smallest absolute Gasteiger partial charge is 0.0965 e. The number of aryl methyl sites for hydroxylation is 2. The van der Waals surface area contributed by atoms with Crippen molar-refractivity contribution in [2.45, 2.75) is 52.7 Å². The molecule has 1 N–H and O–H groups in total. The first-order valence-corrected chi connectivity index (χ1v) is 7.04. The normalized spacial score (nSPS) is 12.1. The van der Waals surface area contributed by atoms with Crippen LogP contribution in [0.4, 0.5) is 0 Å². The van der Waals surface area contributed by atoms with Gasteiger partial charge in [0.2, 0.25) is 0 Å². The second-order valence-corrected chi connectivity index (χ2v) is 6.06. The Balaban J connectivity index is 1.91. The fraction of sp³-hybridized carbons (Fsp3) is 0.643. The summed E-state index contributed by atoms with van der Waals surface area (Å²) in [4.78, 5) is 0. The molecule has 20 heavy (non-hydrogen) atoms. The molecular weight excluding hydrogens is 252 g/mol. The number of hydrogen-bond acceptors (Lipinski definition) is 4. The van der Waals surface area contributed by atoms with Crippen LogP contribution in [0.15, 0.2) is 12.4 Å². The molecule has 0 radical (unpaired) electrons. The molecule has 0 atom stereocenters. The molecule has 0 aliphatic carbocycles. The van der Waals surface area contributed by atoms with E-state index in [1.807, 2.05) is 22.6 Å². The molecule has 0 saturated heterocycles. The van der Waals surface area contributed by atoms with Crippen LogP contribution in [0.1, 0.15) is 44.6 Å². The molecule has 2 aromatic heterocycles. The maximum atomic E-state index is 4.44. The lowest BCUT2D eigenvalue weighted by atomic mass is 10.1. The van der Waals surface area contributed by atoms with Gasteiger partial charge in [0.15, 0.2) is 0 Å². The molecule has 0 unspecified atom stereocenters. The summed E-state index contributed by atoms with van der Waals surface area (Å²) < 4.78 is 3.76. The number of rotatable bonds is 5. The van der Waals surface area contributed by atoms with Gasteiger partial charge >= 0.3 is 0 Å². The Morgan fingerprint density at radius 1 is 1.20 bits per heavy atom. The lowest BCUT2D eigenvalue weighted by molar-refractivity contribution is 0.347. The van der Waals surface area contributed by atoms with Crippen molar-refractivity contribution in [3.8, 4) is 0 Å². The maximum Gasteiger partial charge on any atom is 0.0965 e. The molecule has 0 aromatic carbocycles. The van der Waals surface area contributed by atoms with Crippen LogP contribution in [-0.4, -0.2) is 24.8 Å². The number of nitrogens with one attached hydrogen (secondary N) is 1. The second-order valence-electron chi connectivity index (χ2n) is 6.06. The highest BCUT2D eigenvalue weighted by Gasteiger charge is 2.14. The SMILES string of the molecule is CCc1nn(C)cc1CNCc1cn(C(C)(C)C)nn1. The van der Waals surface area contributed by atoms with Crippen LogP contribution in [0, 0.1) is 0 Å². The topological polar surface area (TPSA) is 60.6 Å². The molecule has 0 spiro atoms. The third kappa shape index (κ3) is 3.45. The Kier molecular flexibility index (Phi) is 4.23. The summed E-state index contributed by atoms with van der Waals surface area (Å²) in [5.74, 6) is 0. The van der Waals surface area contributed by atoms with Gasteiger partial charge in [-0.1, -0.05) is 12.1 Å². The Bertz CT molecular complexity index is 560. The average Bonchev–Trinajstić information content (AvgIpc) is 2.95. The molecule has 6 heteroatoms. The van der Waals surface area contributed by atoms with E-state index in [2.05, 4.69) is 54.6 Å². The molecule has 2 heterocycles. The zero-order valence-corrected chi connectivity index (χ0v) is 13.0. The lowest BCUT2D eigenvalue weighted by Gasteiger charge is -2.17. The van der Waals surface area contributed by atoms with Gasteiger partial charge in [-0.25, -0.2) is 4.68 Å². The number of nitrogens with zero attached hydrogens (tertiary/aromatic N) is 5. The summed E-state index contributed by atoms with van der Waals surface area (Å²) in [5.41, 5.74) is 3.34. The molecule has 0 aliphatic heterocycles. The van der Waals surface area contributed by atoms with Crippen LogP contribution in [0.2, 0.25) is 0 Å².